The topological polar surface area (TPSA) is 87.0 Å². The van der Waals surface area contributed by atoms with Gasteiger partial charge >= 0.3 is 13.8 Å². The molecule has 1 aliphatic rings. The van der Waals surface area contributed by atoms with Gasteiger partial charge in [-0.25, -0.2) is 0 Å². The van der Waals surface area contributed by atoms with Crippen molar-refractivity contribution in [1.82, 2.24) is 0 Å². The van der Waals surface area contributed by atoms with Gasteiger partial charge in [0, 0.05) is 5.92 Å². The molecule has 29 heavy (non-hydrogen) atoms. The fourth-order valence-corrected chi connectivity index (χ4v) is 4.13. The van der Waals surface area contributed by atoms with Gasteiger partial charge in [0.1, 0.15) is 11.5 Å². The van der Waals surface area contributed by atoms with Gasteiger partial charge in [-0.15, -0.1) is 0 Å². The number of hydrogen-bond donors (Lipinski definition) is 3. The van der Waals surface area contributed by atoms with Crippen molar-refractivity contribution in [3.8, 4) is 11.5 Å². The Balaban J connectivity index is 2.07. The van der Waals surface area contributed by atoms with Crippen molar-refractivity contribution in [3.05, 3.63) is 58.1 Å². The molecule has 0 aliphatic heterocycles. The van der Waals surface area contributed by atoms with Crippen LogP contribution in [0.2, 0.25) is 0 Å². The number of alkyl halides is 3. The maximum absolute atomic E-state index is 13.8. The second-order valence-corrected chi connectivity index (χ2v) is 9.13. The van der Waals surface area contributed by atoms with Crippen LogP contribution in [0.5, 0.6) is 11.5 Å². The highest BCUT2D eigenvalue weighted by Crippen LogP contribution is 2.48. The van der Waals surface area contributed by atoms with E-state index in [4.69, 9.17) is 14.5 Å². The fraction of sp³-hybridized carbons (Fsp3) is 0.400. The van der Waals surface area contributed by atoms with Crippen LogP contribution in [0.3, 0.4) is 0 Å². The molecule has 1 atom stereocenters. The Kier molecular flexibility index (Phi) is 5.73. The summed E-state index contributed by atoms with van der Waals surface area (Å²) in [5.41, 5.74) is 1.11. The summed E-state index contributed by atoms with van der Waals surface area (Å²) in [6, 6.07) is 7.12. The van der Waals surface area contributed by atoms with Crippen molar-refractivity contribution in [2.45, 2.75) is 44.7 Å². The summed E-state index contributed by atoms with van der Waals surface area (Å²) < 4.78 is 57.4. The molecule has 0 heterocycles. The molecule has 0 saturated carbocycles. The molecule has 9 heteroatoms. The molecule has 0 radical (unpaired) electrons. The number of aromatic hydroxyl groups is 1. The van der Waals surface area contributed by atoms with Crippen LogP contribution in [0.1, 0.15) is 59.9 Å². The van der Waals surface area contributed by atoms with Crippen LogP contribution in [0.25, 0.3) is 0 Å². The van der Waals surface area contributed by atoms with E-state index < -0.39 is 31.6 Å². The lowest BCUT2D eigenvalue weighted by molar-refractivity contribution is -0.138. The molecule has 0 fully saturated rings. The van der Waals surface area contributed by atoms with Gasteiger partial charge in [-0.05, 0) is 59.2 Å². The molecule has 3 rings (SSSR count). The van der Waals surface area contributed by atoms with Gasteiger partial charge in [0.15, 0.2) is 6.35 Å². The van der Waals surface area contributed by atoms with Crippen LogP contribution in [0.15, 0.2) is 30.3 Å². The zero-order valence-corrected chi connectivity index (χ0v) is 16.8. The molecule has 2 aromatic rings. The van der Waals surface area contributed by atoms with Gasteiger partial charge in [0.2, 0.25) is 0 Å². The minimum Gasteiger partial charge on any atom is -0.508 e. The number of hydrogen-bond acceptors (Lipinski definition) is 3. The van der Waals surface area contributed by atoms with Gasteiger partial charge in [-0.2, -0.15) is 13.2 Å². The van der Waals surface area contributed by atoms with Crippen LogP contribution < -0.4 is 4.74 Å². The molecule has 0 amide bonds. The van der Waals surface area contributed by atoms with Crippen molar-refractivity contribution in [2.75, 3.05) is 6.35 Å². The first-order valence-corrected chi connectivity index (χ1v) is 10.9. The molecule has 0 spiro atoms. The second kappa shape index (κ2) is 7.67. The predicted octanol–water partition coefficient (Wildman–Crippen LogP) is 5.13. The zero-order chi connectivity index (χ0) is 21.6. The van der Waals surface area contributed by atoms with E-state index in [-0.39, 0.29) is 23.0 Å². The second-order valence-electron chi connectivity index (χ2n) is 7.54. The number of rotatable bonds is 5. The van der Waals surface area contributed by atoms with Crippen molar-refractivity contribution < 1.29 is 37.4 Å². The quantitative estimate of drug-likeness (QED) is 0.573. The van der Waals surface area contributed by atoms with Crippen molar-refractivity contribution in [2.24, 2.45) is 0 Å². The third kappa shape index (κ3) is 4.77. The molecule has 0 aromatic heterocycles. The van der Waals surface area contributed by atoms with E-state index in [1.165, 1.54) is 12.1 Å². The monoisotopic (exact) mass is 430 g/mol. The highest BCUT2D eigenvalue weighted by atomic mass is 31.2. The number of phenolic OH excluding ortho intramolecular Hbond substituents is 1. The molecule has 2 aromatic carbocycles. The Hall–Kier alpha value is -2.02. The molecule has 5 nitrogen and oxygen atoms in total. The minimum atomic E-state index is -4.65. The number of phenols is 1. The van der Waals surface area contributed by atoms with Gasteiger partial charge in [-0.1, -0.05) is 26.0 Å². The van der Waals surface area contributed by atoms with Crippen molar-refractivity contribution in [3.63, 3.8) is 0 Å². The van der Waals surface area contributed by atoms with Crippen LogP contribution in [-0.2, 0) is 17.2 Å². The zero-order valence-electron chi connectivity index (χ0n) is 15.9. The summed E-state index contributed by atoms with van der Waals surface area (Å²) in [5.74, 6) is -0.579. The van der Waals surface area contributed by atoms with E-state index in [0.717, 1.165) is 6.07 Å². The lowest BCUT2D eigenvalue weighted by Crippen LogP contribution is -2.13. The van der Waals surface area contributed by atoms with Gasteiger partial charge in [0.05, 0.1) is 5.56 Å². The Morgan fingerprint density at radius 3 is 2.48 bits per heavy atom. The van der Waals surface area contributed by atoms with Crippen LogP contribution in [-0.4, -0.2) is 21.2 Å². The van der Waals surface area contributed by atoms with Crippen LogP contribution in [0, 0.1) is 0 Å². The first kappa shape index (κ1) is 21.7. The molecule has 0 unspecified atom stereocenters. The summed E-state index contributed by atoms with van der Waals surface area (Å²) in [7, 11) is -4.51. The summed E-state index contributed by atoms with van der Waals surface area (Å²) in [6.45, 7) is 3.79. The highest BCUT2D eigenvalue weighted by Gasteiger charge is 2.40. The van der Waals surface area contributed by atoms with Crippen LogP contribution in [0.4, 0.5) is 13.2 Å². The predicted molar refractivity (Wildman–Crippen MR) is 101 cm³/mol. The van der Waals surface area contributed by atoms with E-state index in [1.807, 2.05) is 13.8 Å². The summed E-state index contributed by atoms with van der Waals surface area (Å²) in [5, 5.41) is 10.0. The largest absolute Gasteiger partial charge is 0.508 e. The van der Waals surface area contributed by atoms with Crippen molar-refractivity contribution in [1.29, 1.82) is 0 Å². The molecule has 158 valence electrons. The number of aryl methyl sites for hydroxylation is 1. The normalized spacial score (nSPS) is 16.9. The summed E-state index contributed by atoms with van der Waals surface area (Å²) in [4.78, 5) is 17.9. The minimum absolute atomic E-state index is 0.0151. The molecule has 0 bridgehead atoms. The number of halogens is 3. The van der Waals surface area contributed by atoms with E-state index in [1.54, 1.807) is 12.1 Å². The maximum Gasteiger partial charge on any atom is 0.416 e. The molecule has 0 saturated heterocycles. The van der Waals surface area contributed by atoms with E-state index in [0.29, 0.717) is 29.5 Å². The summed E-state index contributed by atoms with van der Waals surface area (Å²) in [6.07, 6.45) is -4.79. The maximum atomic E-state index is 13.8. The van der Waals surface area contributed by atoms with Crippen LogP contribution >= 0.6 is 7.60 Å². The Morgan fingerprint density at radius 2 is 1.90 bits per heavy atom. The standard InChI is InChI=1S/C20H22F3O5P/c1-11(2)16-8-12(4-6-18(16)24)15-5-3-13-7-14(28-10-29(25,26)27)9-17(19(13)15)20(21,22)23/h4,6-9,11,15,24H,3,5,10H2,1-2H3,(H2,25,26,27)/t15-/m1/s1. The molecular formula is C20H22F3O5P. The number of benzene rings is 2. The SMILES string of the molecule is CC(C)c1cc([C@H]2CCc3cc(OCP(=O)(O)O)cc(C(F)(F)F)c32)ccc1O. The highest BCUT2D eigenvalue weighted by molar-refractivity contribution is 7.51. The molecule has 3 N–H and O–H groups in total. The first-order chi connectivity index (χ1) is 13.4. The van der Waals surface area contributed by atoms with E-state index in [9.17, 15) is 22.8 Å². The van der Waals surface area contributed by atoms with Gasteiger partial charge in [0.25, 0.3) is 0 Å². The first-order valence-electron chi connectivity index (χ1n) is 9.11. The lowest BCUT2D eigenvalue weighted by atomic mass is 9.87. The average molecular weight is 430 g/mol. The summed E-state index contributed by atoms with van der Waals surface area (Å²) >= 11 is 0. The Bertz CT molecular complexity index is 965. The Morgan fingerprint density at radius 1 is 1.21 bits per heavy atom. The smallest absolute Gasteiger partial charge is 0.416 e. The van der Waals surface area contributed by atoms with Gasteiger partial charge in [-0.3, -0.25) is 4.57 Å². The average Bonchev–Trinajstić information content (AvgIpc) is 3.02. The van der Waals surface area contributed by atoms with E-state index >= 15 is 0 Å². The van der Waals surface area contributed by atoms with Crippen molar-refractivity contribution >= 4 is 7.60 Å². The Labute approximate surface area is 166 Å². The third-order valence-corrected chi connectivity index (χ3v) is 5.54. The molecule has 1 aliphatic carbocycles. The number of ether oxygens (including phenoxy) is 1. The third-order valence-electron chi connectivity index (χ3n) is 5.07. The number of fused-ring (bicyclic) bond motifs is 1. The fourth-order valence-electron chi connectivity index (χ4n) is 3.81. The lowest BCUT2D eigenvalue weighted by Gasteiger charge is -2.21. The molecular weight excluding hydrogens is 408 g/mol. The van der Waals surface area contributed by atoms with Gasteiger partial charge < -0.3 is 19.6 Å². The van der Waals surface area contributed by atoms with E-state index in [2.05, 4.69) is 0 Å².